The molecule has 1 aromatic heterocycles. The fourth-order valence-electron chi connectivity index (χ4n) is 1.91. The van der Waals surface area contributed by atoms with Gasteiger partial charge in [-0.05, 0) is 17.7 Å². The second-order valence-electron chi connectivity index (χ2n) is 4.74. The SMILES string of the molecule is CC(C)S(=O)c1sc(C(=O)O)c(-c2ccc(Cl)cc2)c1C#N. The minimum atomic E-state index is -1.42. The highest BCUT2D eigenvalue weighted by Gasteiger charge is 2.27. The van der Waals surface area contributed by atoms with E-state index in [-0.39, 0.29) is 15.7 Å². The number of nitriles is 1. The summed E-state index contributed by atoms with van der Waals surface area (Å²) in [4.78, 5) is 11.5. The summed E-state index contributed by atoms with van der Waals surface area (Å²) in [5.41, 5.74) is 1.04. The Balaban J connectivity index is 2.76. The maximum absolute atomic E-state index is 12.4. The normalized spacial score (nSPS) is 12.1. The molecule has 0 saturated carbocycles. The minimum absolute atomic E-state index is 0.0165. The maximum atomic E-state index is 12.4. The van der Waals surface area contributed by atoms with Gasteiger partial charge in [0.15, 0.2) is 0 Å². The Morgan fingerprint density at radius 1 is 1.36 bits per heavy atom. The molecule has 1 aromatic carbocycles. The number of rotatable bonds is 4. The largest absolute Gasteiger partial charge is 0.477 e. The van der Waals surface area contributed by atoms with Crippen LogP contribution in [0.4, 0.5) is 0 Å². The first kappa shape index (κ1) is 16.7. The van der Waals surface area contributed by atoms with Crippen molar-refractivity contribution in [1.29, 1.82) is 5.26 Å². The van der Waals surface area contributed by atoms with Gasteiger partial charge in [0.25, 0.3) is 0 Å². The minimum Gasteiger partial charge on any atom is -0.477 e. The summed E-state index contributed by atoms with van der Waals surface area (Å²) in [6.45, 7) is 3.53. The monoisotopic (exact) mass is 353 g/mol. The third-order valence-corrected chi connectivity index (χ3v) is 6.32. The van der Waals surface area contributed by atoms with Gasteiger partial charge < -0.3 is 5.11 Å². The van der Waals surface area contributed by atoms with E-state index in [1.807, 2.05) is 6.07 Å². The average molecular weight is 354 g/mol. The van der Waals surface area contributed by atoms with Crippen molar-refractivity contribution in [3.05, 3.63) is 39.7 Å². The quantitative estimate of drug-likeness (QED) is 0.895. The van der Waals surface area contributed by atoms with Crippen molar-refractivity contribution in [3.63, 3.8) is 0 Å². The number of hydrogen-bond acceptors (Lipinski definition) is 4. The molecule has 114 valence electrons. The number of thiophene rings is 1. The van der Waals surface area contributed by atoms with E-state index in [0.717, 1.165) is 11.3 Å². The van der Waals surface area contributed by atoms with Gasteiger partial charge >= 0.3 is 5.97 Å². The molecule has 1 atom stereocenters. The van der Waals surface area contributed by atoms with Gasteiger partial charge in [-0.15, -0.1) is 11.3 Å². The second-order valence-corrected chi connectivity index (χ2v) is 8.40. The molecule has 7 heteroatoms. The highest BCUT2D eigenvalue weighted by molar-refractivity contribution is 7.88. The van der Waals surface area contributed by atoms with Crippen molar-refractivity contribution in [1.82, 2.24) is 0 Å². The van der Waals surface area contributed by atoms with Crippen molar-refractivity contribution in [3.8, 4) is 17.2 Å². The topological polar surface area (TPSA) is 78.2 Å². The van der Waals surface area contributed by atoms with Gasteiger partial charge in [-0.25, -0.2) is 4.79 Å². The van der Waals surface area contributed by atoms with Gasteiger partial charge in [0, 0.05) is 15.8 Å². The van der Waals surface area contributed by atoms with E-state index in [1.54, 1.807) is 38.1 Å². The third kappa shape index (κ3) is 3.07. The van der Waals surface area contributed by atoms with Crippen LogP contribution in [0.2, 0.25) is 5.02 Å². The van der Waals surface area contributed by atoms with E-state index in [9.17, 15) is 19.4 Å². The van der Waals surface area contributed by atoms with Crippen LogP contribution in [0.15, 0.2) is 28.5 Å². The lowest BCUT2D eigenvalue weighted by molar-refractivity contribution is 0.0703. The molecule has 0 saturated heterocycles. The first-order valence-corrected chi connectivity index (χ1v) is 8.74. The zero-order chi connectivity index (χ0) is 16.4. The molecule has 1 N–H and O–H groups in total. The van der Waals surface area contributed by atoms with Gasteiger partial charge in [-0.2, -0.15) is 5.26 Å². The molecular formula is C15H12ClNO3S2. The number of benzene rings is 1. The summed E-state index contributed by atoms with van der Waals surface area (Å²) < 4.78 is 12.7. The van der Waals surface area contributed by atoms with Gasteiger partial charge in [0.05, 0.1) is 16.4 Å². The predicted octanol–water partition coefficient (Wildman–Crippen LogP) is 4.15. The van der Waals surface area contributed by atoms with Crippen LogP contribution in [-0.4, -0.2) is 20.5 Å². The summed E-state index contributed by atoms with van der Waals surface area (Å²) in [5, 5.41) is 19.2. The van der Waals surface area contributed by atoms with Crippen LogP contribution in [0.3, 0.4) is 0 Å². The zero-order valence-corrected chi connectivity index (χ0v) is 14.2. The van der Waals surface area contributed by atoms with Crippen LogP contribution in [-0.2, 0) is 10.8 Å². The molecule has 1 unspecified atom stereocenters. The van der Waals surface area contributed by atoms with Crippen molar-refractivity contribution < 1.29 is 14.1 Å². The predicted molar refractivity (Wildman–Crippen MR) is 88.0 cm³/mol. The van der Waals surface area contributed by atoms with Crippen LogP contribution in [0.1, 0.15) is 29.1 Å². The Morgan fingerprint density at radius 3 is 2.41 bits per heavy atom. The standard InChI is InChI=1S/C15H12ClNO3S2/c1-8(2)22(20)15-11(7-17)12(13(21-15)14(18)19)9-3-5-10(16)6-4-9/h3-6,8H,1-2H3,(H,18,19). The van der Waals surface area contributed by atoms with Crippen molar-refractivity contribution in [2.24, 2.45) is 0 Å². The summed E-state index contributed by atoms with van der Waals surface area (Å²) in [6.07, 6.45) is 0. The summed E-state index contributed by atoms with van der Waals surface area (Å²) in [6, 6.07) is 8.57. The lowest BCUT2D eigenvalue weighted by atomic mass is 10.0. The number of nitrogens with zero attached hydrogens (tertiary/aromatic N) is 1. The molecular weight excluding hydrogens is 342 g/mol. The molecule has 0 spiro atoms. The number of hydrogen-bond donors (Lipinski definition) is 1. The lowest BCUT2D eigenvalue weighted by Gasteiger charge is -2.04. The van der Waals surface area contributed by atoms with Gasteiger partial charge in [-0.3, -0.25) is 4.21 Å². The maximum Gasteiger partial charge on any atom is 0.346 e. The zero-order valence-electron chi connectivity index (χ0n) is 11.8. The number of carboxylic acids is 1. The van der Waals surface area contributed by atoms with E-state index in [2.05, 4.69) is 0 Å². The summed E-state index contributed by atoms with van der Waals surface area (Å²) >= 11 is 6.74. The molecule has 0 bridgehead atoms. The number of carbonyl (C=O) groups is 1. The Morgan fingerprint density at radius 2 is 1.95 bits per heavy atom. The van der Waals surface area contributed by atoms with Gasteiger partial charge in [-0.1, -0.05) is 37.6 Å². The molecule has 0 aliphatic carbocycles. The Bertz CT molecular complexity index is 788. The smallest absolute Gasteiger partial charge is 0.346 e. The lowest BCUT2D eigenvalue weighted by Crippen LogP contribution is -2.05. The van der Waals surface area contributed by atoms with Crippen LogP contribution in [0.5, 0.6) is 0 Å². The van der Waals surface area contributed by atoms with E-state index >= 15 is 0 Å². The van der Waals surface area contributed by atoms with Gasteiger partial charge in [0.2, 0.25) is 0 Å². The molecule has 22 heavy (non-hydrogen) atoms. The number of carboxylic acid groups (broad SMARTS) is 1. The van der Waals surface area contributed by atoms with E-state index in [0.29, 0.717) is 20.4 Å². The first-order valence-electron chi connectivity index (χ1n) is 6.33. The average Bonchev–Trinajstić information content (AvgIpc) is 2.86. The molecule has 0 aliphatic rings. The van der Waals surface area contributed by atoms with Crippen LogP contribution < -0.4 is 0 Å². The highest BCUT2D eigenvalue weighted by Crippen LogP contribution is 2.39. The molecule has 2 aromatic rings. The highest BCUT2D eigenvalue weighted by atomic mass is 35.5. The molecule has 1 heterocycles. The fraction of sp³-hybridized carbons (Fsp3) is 0.200. The molecule has 2 rings (SSSR count). The molecule has 0 amide bonds. The van der Waals surface area contributed by atoms with Crippen molar-refractivity contribution >= 4 is 39.7 Å². The van der Waals surface area contributed by atoms with E-state index < -0.39 is 16.8 Å². The third-order valence-electron chi connectivity index (χ3n) is 2.93. The number of aromatic carboxylic acids is 1. The fourth-order valence-corrected chi connectivity index (χ4v) is 4.81. The van der Waals surface area contributed by atoms with Crippen LogP contribution >= 0.6 is 22.9 Å². The van der Waals surface area contributed by atoms with Crippen LogP contribution in [0, 0.1) is 11.3 Å². The first-order chi connectivity index (χ1) is 10.4. The summed E-state index contributed by atoms with van der Waals surface area (Å²) in [5.74, 6) is -1.14. The van der Waals surface area contributed by atoms with Crippen molar-refractivity contribution in [2.75, 3.05) is 0 Å². The number of halogens is 1. The van der Waals surface area contributed by atoms with Crippen molar-refractivity contribution in [2.45, 2.75) is 23.3 Å². The van der Waals surface area contributed by atoms with Gasteiger partial charge in [0.1, 0.15) is 15.2 Å². The Labute approximate surface area is 139 Å². The molecule has 4 nitrogen and oxygen atoms in total. The Kier molecular flexibility index (Phi) is 5.01. The molecule has 0 fully saturated rings. The van der Waals surface area contributed by atoms with E-state index in [1.165, 1.54) is 0 Å². The Hall–Kier alpha value is -1.68. The van der Waals surface area contributed by atoms with Crippen LogP contribution in [0.25, 0.3) is 11.1 Å². The molecule has 0 aliphatic heterocycles. The van der Waals surface area contributed by atoms with E-state index in [4.69, 9.17) is 11.6 Å². The molecule has 0 radical (unpaired) electrons. The summed E-state index contributed by atoms with van der Waals surface area (Å²) in [7, 11) is -1.42. The second kappa shape index (κ2) is 6.61.